The molecule has 3 heterocycles. The van der Waals surface area contributed by atoms with Crippen LogP contribution < -0.4 is 4.74 Å². The Bertz CT molecular complexity index is 1130. The van der Waals surface area contributed by atoms with Gasteiger partial charge < -0.3 is 9.64 Å². The first-order valence-electron chi connectivity index (χ1n) is 9.71. The summed E-state index contributed by atoms with van der Waals surface area (Å²) in [4.78, 5) is 30.2. The molecule has 1 aliphatic rings. The molecule has 3 aromatic rings. The highest BCUT2D eigenvalue weighted by Gasteiger charge is 2.31. The summed E-state index contributed by atoms with van der Waals surface area (Å²) in [5, 5.41) is 0. The quantitative estimate of drug-likeness (QED) is 0.539. The third-order valence-corrected chi connectivity index (χ3v) is 4.92. The molecule has 2 aromatic heterocycles. The van der Waals surface area contributed by atoms with Crippen LogP contribution in [0.5, 0.6) is 11.8 Å². The molecule has 4 rings (SSSR count). The maximum absolute atomic E-state index is 12.8. The van der Waals surface area contributed by atoms with E-state index in [-0.39, 0.29) is 17.7 Å². The lowest BCUT2D eigenvalue weighted by molar-refractivity contribution is -0.137. The molecule has 1 saturated heterocycles. The first-order chi connectivity index (χ1) is 15.3. The van der Waals surface area contributed by atoms with Crippen LogP contribution in [-0.4, -0.2) is 43.8 Å². The van der Waals surface area contributed by atoms with Gasteiger partial charge in [-0.05, 0) is 36.6 Å². The minimum absolute atomic E-state index is 0.0150. The summed E-state index contributed by atoms with van der Waals surface area (Å²) in [5.74, 6) is 0.215. The molecule has 0 saturated carbocycles. The summed E-state index contributed by atoms with van der Waals surface area (Å²) in [5.41, 5.74) is 1.11. The summed E-state index contributed by atoms with van der Waals surface area (Å²) >= 11 is 0. The van der Waals surface area contributed by atoms with Gasteiger partial charge in [0.15, 0.2) is 0 Å². The second kappa shape index (κ2) is 8.74. The van der Waals surface area contributed by atoms with Gasteiger partial charge in [0.05, 0.1) is 23.1 Å². The molecule has 164 valence electrons. The number of rotatable bonds is 6. The minimum atomic E-state index is -4.47. The number of carbonyl (C=O) groups is 1. The van der Waals surface area contributed by atoms with Gasteiger partial charge in [-0.3, -0.25) is 9.78 Å². The highest BCUT2D eigenvalue weighted by molar-refractivity contribution is 5.87. The maximum Gasteiger partial charge on any atom is 0.416 e. The van der Waals surface area contributed by atoms with Gasteiger partial charge in [0.25, 0.3) is 0 Å². The number of hydrogen-bond acceptors (Lipinski definition) is 6. The smallest absolute Gasteiger partial charge is 0.416 e. The molecular formula is C22H18F3N5O2. The molecule has 32 heavy (non-hydrogen) atoms. The minimum Gasteiger partial charge on any atom is -0.424 e. The van der Waals surface area contributed by atoms with Crippen molar-refractivity contribution in [2.24, 2.45) is 5.92 Å². The monoisotopic (exact) mass is 441 g/mol. The van der Waals surface area contributed by atoms with Crippen molar-refractivity contribution in [3.63, 3.8) is 0 Å². The van der Waals surface area contributed by atoms with Crippen LogP contribution in [0, 0.1) is 5.92 Å². The third kappa shape index (κ3) is 4.90. The number of likely N-dealkylation sites (tertiary alicyclic amines) is 1. The fourth-order valence-corrected chi connectivity index (χ4v) is 3.29. The van der Waals surface area contributed by atoms with Crippen LogP contribution in [0.4, 0.5) is 13.2 Å². The van der Waals surface area contributed by atoms with Crippen LogP contribution in [-0.2, 0) is 17.4 Å². The molecule has 0 radical (unpaired) electrons. The Kier molecular flexibility index (Phi) is 5.85. The van der Waals surface area contributed by atoms with Crippen molar-refractivity contribution < 1.29 is 22.7 Å². The number of ether oxygens (including phenoxy) is 1. The number of amides is 1. The Morgan fingerprint density at radius 2 is 1.94 bits per heavy atom. The van der Waals surface area contributed by atoms with Gasteiger partial charge in [-0.25, -0.2) is 15.0 Å². The van der Waals surface area contributed by atoms with Gasteiger partial charge in [0, 0.05) is 37.2 Å². The summed E-state index contributed by atoms with van der Waals surface area (Å²) in [6, 6.07) is 4.41. The van der Waals surface area contributed by atoms with Crippen molar-refractivity contribution in [2.45, 2.75) is 12.6 Å². The Morgan fingerprint density at radius 1 is 1.19 bits per heavy atom. The highest BCUT2D eigenvalue weighted by Crippen LogP contribution is 2.32. The zero-order chi connectivity index (χ0) is 22.7. The van der Waals surface area contributed by atoms with E-state index in [2.05, 4.69) is 26.5 Å². The van der Waals surface area contributed by atoms with E-state index < -0.39 is 11.7 Å². The summed E-state index contributed by atoms with van der Waals surface area (Å²) in [7, 11) is 0. The maximum atomic E-state index is 12.8. The predicted molar refractivity (Wildman–Crippen MR) is 109 cm³/mol. The zero-order valence-electron chi connectivity index (χ0n) is 16.8. The second-order valence-electron chi connectivity index (χ2n) is 7.30. The Morgan fingerprint density at radius 3 is 2.62 bits per heavy atom. The molecule has 0 unspecified atom stereocenters. The largest absolute Gasteiger partial charge is 0.424 e. The number of hydrogen-bond donors (Lipinski definition) is 0. The molecule has 10 heteroatoms. The molecule has 1 aromatic carbocycles. The zero-order valence-corrected chi connectivity index (χ0v) is 16.8. The van der Waals surface area contributed by atoms with Gasteiger partial charge in [-0.1, -0.05) is 12.6 Å². The van der Waals surface area contributed by atoms with E-state index in [1.54, 1.807) is 17.3 Å². The predicted octanol–water partition coefficient (Wildman–Crippen LogP) is 3.93. The number of carbonyl (C=O) groups excluding carboxylic acids is 1. The van der Waals surface area contributed by atoms with Gasteiger partial charge >= 0.3 is 12.2 Å². The van der Waals surface area contributed by atoms with Crippen molar-refractivity contribution >= 4 is 5.91 Å². The van der Waals surface area contributed by atoms with Crippen LogP contribution >= 0.6 is 0 Å². The van der Waals surface area contributed by atoms with Crippen molar-refractivity contribution in [3.05, 3.63) is 73.0 Å². The van der Waals surface area contributed by atoms with E-state index in [4.69, 9.17) is 4.74 Å². The standard InChI is InChI=1S/C22H18F3N5O2/c1-2-20(31)30-12-14(13-30)6-17-10-26-11-19(29-17)15-8-27-21(28-9-15)32-18-5-3-4-16(7-18)22(23,24)25/h2-5,7-11,14H,1,6,12-13H2. The van der Waals surface area contributed by atoms with Crippen LogP contribution in [0.2, 0.25) is 0 Å². The molecule has 1 fully saturated rings. The lowest BCUT2D eigenvalue weighted by Gasteiger charge is -2.38. The van der Waals surface area contributed by atoms with Crippen LogP contribution in [0.1, 0.15) is 11.3 Å². The van der Waals surface area contributed by atoms with E-state index in [9.17, 15) is 18.0 Å². The molecule has 0 atom stereocenters. The lowest BCUT2D eigenvalue weighted by Crippen LogP contribution is -2.50. The van der Waals surface area contributed by atoms with E-state index in [1.807, 2.05) is 0 Å². The van der Waals surface area contributed by atoms with E-state index in [0.717, 1.165) is 17.8 Å². The number of alkyl halides is 3. The van der Waals surface area contributed by atoms with Gasteiger partial charge in [-0.15, -0.1) is 0 Å². The summed E-state index contributed by atoms with van der Waals surface area (Å²) in [6.07, 6.45) is 3.70. The fourth-order valence-electron chi connectivity index (χ4n) is 3.29. The molecule has 1 amide bonds. The molecule has 0 N–H and O–H groups in total. The molecular weight excluding hydrogens is 423 g/mol. The second-order valence-corrected chi connectivity index (χ2v) is 7.30. The summed E-state index contributed by atoms with van der Waals surface area (Å²) in [6.45, 7) is 4.79. The molecule has 0 spiro atoms. The number of nitrogens with zero attached hydrogens (tertiary/aromatic N) is 5. The van der Waals surface area contributed by atoms with Crippen molar-refractivity contribution in [1.82, 2.24) is 24.8 Å². The van der Waals surface area contributed by atoms with Crippen LogP contribution in [0.3, 0.4) is 0 Å². The highest BCUT2D eigenvalue weighted by atomic mass is 19.4. The van der Waals surface area contributed by atoms with Crippen LogP contribution in [0.25, 0.3) is 11.3 Å². The van der Waals surface area contributed by atoms with Crippen molar-refractivity contribution in [2.75, 3.05) is 13.1 Å². The first kappa shape index (κ1) is 21.4. The van der Waals surface area contributed by atoms with Gasteiger partial charge in [0.2, 0.25) is 5.91 Å². The normalized spacial score (nSPS) is 14.0. The van der Waals surface area contributed by atoms with E-state index in [0.29, 0.717) is 36.7 Å². The topological polar surface area (TPSA) is 81.1 Å². The summed E-state index contributed by atoms with van der Waals surface area (Å²) < 4.78 is 43.9. The lowest BCUT2D eigenvalue weighted by atomic mass is 9.94. The Balaban J connectivity index is 1.41. The molecule has 1 aliphatic heterocycles. The van der Waals surface area contributed by atoms with E-state index in [1.165, 1.54) is 30.6 Å². The van der Waals surface area contributed by atoms with Gasteiger partial charge in [-0.2, -0.15) is 13.2 Å². The first-order valence-corrected chi connectivity index (χ1v) is 9.71. The average Bonchev–Trinajstić information content (AvgIpc) is 2.76. The van der Waals surface area contributed by atoms with E-state index >= 15 is 0 Å². The third-order valence-electron chi connectivity index (χ3n) is 4.92. The Hall–Kier alpha value is -3.82. The number of halogens is 3. The SMILES string of the molecule is C=CC(=O)N1CC(Cc2cncc(-c3cnc(Oc4cccc(C(F)(F)F)c4)nc3)n2)C1. The van der Waals surface area contributed by atoms with Gasteiger partial charge in [0.1, 0.15) is 5.75 Å². The molecule has 7 nitrogen and oxygen atoms in total. The van der Waals surface area contributed by atoms with Crippen molar-refractivity contribution in [1.29, 1.82) is 0 Å². The Labute approximate surface area is 181 Å². The van der Waals surface area contributed by atoms with Crippen molar-refractivity contribution in [3.8, 4) is 23.0 Å². The average molecular weight is 441 g/mol. The molecule has 0 bridgehead atoms. The fraction of sp³-hybridized carbons (Fsp3) is 0.227. The number of benzene rings is 1. The molecule has 0 aliphatic carbocycles. The van der Waals surface area contributed by atoms with Crippen LogP contribution in [0.15, 0.2) is 61.7 Å². The number of aromatic nitrogens is 4.